The van der Waals surface area contributed by atoms with E-state index in [1.165, 1.54) is 70.6 Å². The zero-order chi connectivity index (χ0) is 31.1. The van der Waals surface area contributed by atoms with Crippen LogP contribution in [0.2, 0.25) is 0 Å². The Balaban J connectivity index is 4.16. The van der Waals surface area contributed by atoms with Crippen LogP contribution >= 0.6 is 0 Å². The lowest BCUT2D eigenvalue weighted by Crippen LogP contribution is -2.30. The van der Waals surface area contributed by atoms with E-state index in [0.717, 1.165) is 76.5 Å². The summed E-state index contributed by atoms with van der Waals surface area (Å²) in [6, 6.07) is 0. The topological polar surface area (TPSA) is 78.9 Å². The average molecular weight is 597 g/mol. The van der Waals surface area contributed by atoms with E-state index < -0.39 is 6.10 Å². The fraction of sp³-hybridized carbons (Fsp3) is 0.917. The lowest BCUT2D eigenvalue weighted by atomic mass is 9.99. The highest BCUT2D eigenvalue weighted by Crippen LogP contribution is 2.16. The van der Waals surface area contributed by atoms with Gasteiger partial charge in [-0.25, -0.2) is 0 Å². The molecule has 0 aromatic heterocycles. The standard InChI is InChI=1S/C36H68O6/c1-5-8-10-18-23-27-34(37)40-30-33(42-36(39)29-25-19-11-9-6-2)31-41-35(38)28-24-21-17-15-13-12-14-16-20-22-26-32(4)7-3/h32-33H,5-31H2,1-4H3/t32?,33-/m0/s1. The largest absolute Gasteiger partial charge is 0.462 e. The van der Waals surface area contributed by atoms with Crippen molar-refractivity contribution in [2.45, 2.75) is 194 Å². The molecule has 0 bridgehead atoms. The van der Waals surface area contributed by atoms with E-state index in [1.807, 2.05) is 0 Å². The summed E-state index contributed by atoms with van der Waals surface area (Å²) in [7, 11) is 0. The summed E-state index contributed by atoms with van der Waals surface area (Å²) in [5.41, 5.74) is 0. The van der Waals surface area contributed by atoms with Crippen LogP contribution in [0.15, 0.2) is 0 Å². The summed E-state index contributed by atoms with van der Waals surface area (Å²) in [5, 5.41) is 0. The predicted molar refractivity (Wildman–Crippen MR) is 173 cm³/mol. The molecule has 0 aliphatic heterocycles. The van der Waals surface area contributed by atoms with Crippen LogP contribution in [0.4, 0.5) is 0 Å². The first-order valence-corrected chi connectivity index (χ1v) is 17.9. The first-order chi connectivity index (χ1) is 20.4. The van der Waals surface area contributed by atoms with Gasteiger partial charge in [0.2, 0.25) is 0 Å². The molecule has 6 heteroatoms. The molecule has 248 valence electrons. The Morgan fingerprint density at radius 3 is 1.24 bits per heavy atom. The van der Waals surface area contributed by atoms with Gasteiger partial charge in [-0.05, 0) is 25.2 Å². The van der Waals surface area contributed by atoms with E-state index in [9.17, 15) is 14.4 Å². The third kappa shape index (κ3) is 28.5. The average Bonchev–Trinajstić information content (AvgIpc) is 2.98. The summed E-state index contributed by atoms with van der Waals surface area (Å²) < 4.78 is 16.4. The minimum Gasteiger partial charge on any atom is -0.462 e. The summed E-state index contributed by atoms with van der Waals surface area (Å²) in [6.07, 6.45) is 25.7. The van der Waals surface area contributed by atoms with Gasteiger partial charge in [0.1, 0.15) is 13.2 Å². The molecule has 0 fully saturated rings. The molecule has 0 aromatic carbocycles. The maximum Gasteiger partial charge on any atom is 0.306 e. The van der Waals surface area contributed by atoms with E-state index in [-0.39, 0.29) is 31.1 Å². The van der Waals surface area contributed by atoms with Crippen molar-refractivity contribution in [2.24, 2.45) is 5.92 Å². The maximum absolute atomic E-state index is 12.4. The Morgan fingerprint density at radius 1 is 0.476 bits per heavy atom. The second-order valence-electron chi connectivity index (χ2n) is 12.4. The van der Waals surface area contributed by atoms with E-state index >= 15 is 0 Å². The Kier molecular flexibility index (Phi) is 29.7. The zero-order valence-electron chi connectivity index (χ0n) is 28.2. The van der Waals surface area contributed by atoms with Crippen LogP contribution in [-0.2, 0) is 28.6 Å². The Bertz CT molecular complexity index is 634. The number of esters is 3. The fourth-order valence-corrected chi connectivity index (χ4v) is 5.00. The van der Waals surface area contributed by atoms with Crippen molar-refractivity contribution in [3.05, 3.63) is 0 Å². The summed E-state index contributed by atoms with van der Waals surface area (Å²) >= 11 is 0. The lowest BCUT2D eigenvalue weighted by Gasteiger charge is -2.18. The SMILES string of the molecule is CCCCCCCC(=O)OC[C@@H](COC(=O)CCCCCCCCCCCCC(C)CC)OC(=O)CCCCCCC. The lowest BCUT2D eigenvalue weighted by molar-refractivity contribution is -0.167. The van der Waals surface area contributed by atoms with Crippen LogP contribution in [0.5, 0.6) is 0 Å². The smallest absolute Gasteiger partial charge is 0.306 e. The molecular formula is C36H68O6. The Hall–Kier alpha value is -1.59. The molecule has 0 saturated heterocycles. The normalized spacial score (nSPS) is 12.6. The van der Waals surface area contributed by atoms with E-state index in [4.69, 9.17) is 14.2 Å². The molecule has 42 heavy (non-hydrogen) atoms. The second kappa shape index (κ2) is 30.9. The van der Waals surface area contributed by atoms with Crippen LogP contribution in [-0.4, -0.2) is 37.2 Å². The van der Waals surface area contributed by atoms with Crippen LogP contribution in [0.3, 0.4) is 0 Å². The van der Waals surface area contributed by atoms with E-state index in [0.29, 0.717) is 19.3 Å². The summed E-state index contributed by atoms with van der Waals surface area (Å²) in [4.78, 5) is 36.9. The molecule has 0 amide bonds. The van der Waals surface area contributed by atoms with Crippen LogP contribution in [0, 0.1) is 5.92 Å². The first kappa shape index (κ1) is 40.4. The minimum atomic E-state index is -0.754. The molecule has 0 aliphatic carbocycles. The molecule has 0 N–H and O–H groups in total. The summed E-state index contributed by atoms with van der Waals surface area (Å²) in [5.74, 6) is -0.0277. The molecule has 0 heterocycles. The monoisotopic (exact) mass is 597 g/mol. The number of carbonyl (C=O) groups excluding carboxylic acids is 3. The number of hydrogen-bond donors (Lipinski definition) is 0. The van der Waals surface area contributed by atoms with Crippen molar-refractivity contribution < 1.29 is 28.6 Å². The number of rotatable bonds is 31. The van der Waals surface area contributed by atoms with Gasteiger partial charge in [0.15, 0.2) is 6.10 Å². The molecule has 0 aromatic rings. The third-order valence-electron chi connectivity index (χ3n) is 8.15. The zero-order valence-corrected chi connectivity index (χ0v) is 28.2. The minimum absolute atomic E-state index is 0.0679. The van der Waals surface area contributed by atoms with E-state index in [1.54, 1.807) is 0 Å². The molecular weight excluding hydrogens is 528 g/mol. The van der Waals surface area contributed by atoms with Gasteiger partial charge in [-0.15, -0.1) is 0 Å². The number of unbranched alkanes of at least 4 members (excludes halogenated alkanes) is 17. The molecule has 1 unspecified atom stereocenters. The van der Waals surface area contributed by atoms with Crippen molar-refractivity contribution >= 4 is 17.9 Å². The molecule has 0 saturated carbocycles. The van der Waals surface area contributed by atoms with Gasteiger partial charge in [-0.2, -0.15) is 0 Å². The van der Waals surface area contributed by atoms with Crippen LogP contribution in [0.25, 0.3) is 0 Å². The predicted octanol–water partition coefficient (Wildman–Crippen LogP) is 10.4. The van der Waals surface area contributed by atoms with E-state index in [2.05, 4.69) is 27.7 Å². The molecule has 2 atom stereocenters. The van der Waals surface area contributed by atoms with Gasteiger partial charge in [0, 0.05) is 19.3 Å². The van der Waals surface area contributed by atoms with Crippen molar-refractivity contribution in [1.82, 2.24) is 0 Å². The Morgan fingerprint density at radius 2 is 0.833 bits per heavy atom. The molecule has 0 aliphatic rings. The van der Waals surface area contributed by atoms with Crippen LogP contribution in [0.1, 0.15) is 188 Å². The number of carbonyl (C=O) groups is 3. The van der Waals surface area contributed by atoms with Crippen molar-refractivity contribution in [2.75, 3.05) is 13.2 Å². The second-order valence-corrected chi connectivity index (χ2v) is 12.4. The Labute approximate surface area is 259 Å². The first-order valence-electron chi connectivity index (χ1n) is 17.9. The van der Waals surface area contributed by atoms with Gasteiger partial charge in [0.25, 0.3) is 0 Å². The summed E-state index contributed by atoms with van der Waals surface area (Å²) in [6.45, 7) is 8.81. The van der Waals surface area contributed by atoms with Gasteiger partial charge < -0.3 is 14.2 Å². The maximum atomic E-state index is 12.4. The van der Waals surface area contributed by atoms with Gasteiger partial charge in [-0.3, -0.25) is 14.4 Å². The highest BCUT2D eigenvalue weighted by Gasteiger charge is 2.19. The van der Waals surface area contributed by atoms with Gasteiger partial charge >= 0.3 is 17.9 Å². The molecule has 0 radical (unpaired) electrons. The van der Waals surface area contributed by atoms with Gasteiger partial charge in [0.05, 0.1) is 0 Å². The molecule has 0 rings (SSSR count). The highest BCUT2D eigenvalue weighted by atomic mass is 16.6. The van der Waals surface area contributed by atoms with Crippen molar-refractivity contribution in [3.8, 4) is 0 Å². The third-order valence-corrected chi connectivity index (χ3v) is 8.15. The number of hydrogen-bond acceptors (Lipinski definition) is 6. The van der Waals surface area contributed by atoms with Gasteiger partial charge in [-0.1, -0.05) is 150 Å². The quantitative estimate of drug-likeness (QED) is 0.0450. The van der Waals surface area contributed by atoms with Crippen molar-refractivity contribution in [1.29, 1.82) is 0 Å². The number of ether oxygens (including phenoxy) is 3. The van der Waals surface area contributed by atoms with Crippen LogP contribution < -0.4 is 0 Å². The molecule has 6 nitrogen and oxygen atoms in total. The molecule has 0 spiro atoms. The fourth-order valence-electron chi connectivity index (χ4n) is 5.00. The van der Waals surface area contributed by atoms with Crippen molar-refractivity contribution in [3.63, 3.8) is 0 Å². The highest BCUT2D eigenvalue weighted by molar-refractivity contribution is 5.71.